The van der Waals surface area contributed by atoms with Crippen molar-refractivity contribution in [3.8, 4) is 0 Å². The third kappa shape index (κ3) is 2.52. The van der Waals surface area contributed by atoms with Gasteiger partial charge in [-0.1, -0.05) is 20.8 Å². The van der Waals surface area contributed by atoms with Gasteiger partial charge in [-0.25, -0.2) is 5.43 Å². The number of amides is 1. The fourth-order valence-corrected chi connectivity index (χ4v) is 4.09. The molecule has 0 heterocycles. The minimum Gasteiger partial charge on any atom is -0.267 e. The third-order valence-corrected chi connectivity index (χ3v) is 6.28. The molecule has 2 saturated carbocycles. The number of carbonyl (C=O) groups is 1. The Balaban J connectivity index is 1.73. The maximum Gasteiger partial charge on any atom is 0.416 e. The van der Waals surface area contributed by atoms with Crippen molar-refractivity contribution in [2.45, 2.75) is 46.2 Å². The number of benzene rings is 1. The summed E-state index contributed by atoms with van der Waals surface area (Å²) >= 11 is 0. The first kappa shape index (κ1) is 17.0. The summed E-state index contributed by atoms with van der Waals surface area (Å²) in [5.41, 5.74) is 3.04. The van der Waals surface area contributed by atoms with Crippen LogP contribution in [0, 0.1) is 16.7 Å². The molecule has 3 rings (SSSR count). The highest BCUT2D eigenvalue weighted by Crippen LogP contribution is 2.63. The maximum atomic E-state index is 12.6. The number of hydrogen-bond donors (Lipinski definition) is 1. The lowest BCUT2D eigenvalue weighted by atomic mass is 9.70. The number of hydrogen-bond acceptors (Lipinski definition) is 2. The van der Waals surface area contributed by atoms with Crippen molar-refractivity contribution >= 4 is 11.6 Å². The van der Waals surface area contributed by atoms with E-state index in [0.717, 1.165) is 30.7 Å². The largest absolute Gasteiger partial charge is 0.416 e. The molecule has 6 heteroatoms. The van der Waals surface area contributed by atoms with E-state index < -0.39 is 17.6 Å². The average molecular weight is 338 g/mol. The van der Waals surface area contributed by atoms with Crippen LogP contribution in [0.3, 0.4) is 0 Å². The molecular weight excluding hydrogens is 317 g/mol. The van der Waals surface area contributed by atoms with E-state index in [9.17, 15) is 18.0 Å². The molecule has 2 aliphatic carbocycles. The monoisotopic (exact) mass is 338 g/mol. The van der Waals surface area contributed by atoms with Gasteiger partial charge in [-0.05, 0) is 54.9 Å². The van der Waals surface area contributed by atoms with E-state index in [0.29, 0.717) is 5.92 Å². The second kappa shape index (κ2) is 5.33. The van der Waals surface area contributed by atoms with Crippen LogP contribution in [0.25, 0.3) is 0 Å². The Morgan fingerprint density at radius 3 is 2.29 bits per heavy atom. The van der Waals surface area contributed by atoms with Gasteiger partial charge in [-0.3, -0.25) is 4.79 Å². The zero-order valence-electron chi connectivity index (χ0n) is 14.0. The van der Waals surface area contributed by atoms with Gasteiger partial charge in [0, 0.05) is 16.7 Å². The smallest absolute Gasteiger partial charge is 0.267 e. The van der Waals surface area contributed by atoms with Gasteiger partial charge in [0.25, 0.3) is 5.91 Å². The molecule has 0 spiro atoms. The molecule has 1 aromatic carbocycles. The summed E-state index contributed by atoms with van der Waals surface area (Å²) in [7, 11) is 0. The Bertz CT molecular complexity index is 691. The van der Waals surface area contributed by atoms with E-state index in [1.807, 2.05) is 0 Å². The molecule has 2 fully saturated rings. The van der Waals surface area contributed by atoms with Crippen LogP contribution in [-0.2, 0) is 6.18 Å². The normalized spacial score (nSPS) is 29.9. The second-order valence-corrected chi connectivity index (χ2v) is 7.57. The molecule has 0 unspecified atom stereocenters. The van der Waals surface area contributed by atoms with Gasteiger partial charge in [0.05, 0.1) is 5.56 Å². The molecule has 0 saturated heterocycles. The van der Waals surface area contributed by atoms with Crippen LogP contribution in [0.15, 0.2) is 29.4 Å². The summed E-state index contributed by atoms with van der Waals surface area (Å²) in [6.07, 6.45) is -1.30. The van der Waals surface area contributed by atoms with Gasteiger partial charge >= 0.3 is 6.18 Å². The molecule has 3 nitrogen and oxygen atoms in total. The quantitative estimate of drug-likeness (QED) is 0.784. The zero-order valence-corrected chi connectivity index (χ0v) is 14.0. The fourth-order valence-electron chi connectivity index (χ4n) is 4.09. The van der Waals surface area contributed by atoms with Gasteiger partial charge < -0.3 is 0 Å². The number of carbonyl (C=O) groups excluding carboxylic acids is 1. The van der Waals surface area contributed by atoms with Gasteiger partial charge in [0.1, 0.15) is 0 Å². The molecule has 1 N–H and O–H groups in total. The fraction of sp³-hybridized carbons (Fsp3) is 0.556. The predicted molar refractivity (Wildman–Crippen MR) is 85.6 cm³/mol. The Morgan fingerprint density at radius 2 is 1.83 bits per heavy atom. The third-order valence-electron chi connectivity index (χ3n) is 6.28. The Morgan fingerprint density at radius 1 is 1.21 bits per heavy atom. The number of rotatable bonds is 2. The first-order valence-corrected chi connectivity index (χ1v) is 8.10. The predicted octanol–water partition coefficient (Wildman–Crippen LogP) is 4.64. The highest BCUT2D eigenvalue weighted by Gasteiger charge is 2.60. The first-order valence-electron chi connectivity index (χ1n) is 8.10. The summed E-state index contributed by atoms with van der Waals surface area (Å²) < 4.78 is 37.7. The van der Waals surface area contributed by atoms with Gasteiger partial charge in [-0.15, -0.1) is 0 Å². The van der Waals surface area contributed by atoms with E-state index >= 15 is 0 Å². The summed E-state index contributed by atoms with van der Waals surface area (Å²) in [5.74, 6) is 0.0876. The lowest BCUT2D eigenvalue weighted by Crippen LogP contribution is -2.34. The van der Waals surface area contributed by atoms with Crippen LogP contribution in [0.2, 0.25) is 0 Å². The molecule has 0 aliphatic heterocycles. The topological polar surface area (TPSA) is 41.5 Å². The molecule has 0 aromatic heterocycles. The molecule has 0 radical (unpaired) electrons. The van der Waals surface area contributed by atoms with Gasteiger partial charge in [0.15, 0.2) is 0 Å². The van der Waals surface area contributed by atoms with Crippen LogP contribution in [-0.4, -0.2) is 11.6 Å². The lowest BCUT2D eigenvalue weighted by Gasteiger charge is -2.34. The number of hydrazone groups is 1. The summed E-state index contributed by atoms with van der Waals surface area (Å²) in [4.78, 5) is 12.1. The molecule has 2 aliphatic rings. The van der Waals surface area contributed by atoms with Crippen molar-refractivity contribution in [3.05, 3.63) is 35.4 Å². The van der Waals surface area contributed by atoms with Crippen molar-refractivity contribution in [2.24, 2.45) is 21.8 Å². The van der Waals surface area contributed by atoms with Crippen LogP contribution in [0.1, 0.15) is 56.0 Å². The number of nitrogens with zero attached hydrogens (tertiary/aromatic N) is 1. The Hall–Kier alpha value is -1.85. The van der Waals surface area contributed by atoms with E-state index in [4.69, 9.17) is 0 Å². The second-order valence-electron chi connectivity index (χ2n) is 7.57. The molecular formula is C18H21F3N2O. The Kier molecular flexibility index (Phi) is 3.77. The standard InChI is InChI=1S/C18H21F3N2O/c1-16(2)13-8-9-17(16,3)14(10-13)22-23-15(24)11-4-6-12(7-5-11)18(19,20)21/h4-7,13H,8-10H2,1-3H3,(H,23,24)/b22-14+/t13-,17-/m1/s1. The molecule has 1 amide bonds. The average Bonchev–Trinajstić information content (AvgIpc) is 2.85. The number of fused-ring (bicyclic) bond motifs is 2. The number of alkyl halides is 3. The SMILES string of the molecule is CC1(C)[C@@H]2CC[C@]1(C)/C(=N/NC(=O)c1ccc(C(F)(F)F)cc1)C2. The van der Waals surface area contributed by atoms with Crippen molar-refractivity contribution in [3.63, 3.8) is 0 Å². The van der Waals surface area contributed by atoms with Crippen LogP contribution in [0.4, 0.5) is 13.2 Å². The van der Waals surface area contributed by atoms with Crippen molar-refractivity contribution in [1.82, 2.24) is 5.43 Å². The molecule has 2 bridgehead atoms. The maximum absolute atomic E-state index is 12.6. The highest BCUT2D eigenvalue weighted by molar-refractivity contribution is 5.98. The molecule has 2 atom stereocenters. The molecule has 24 heavy (non-hydrogen) atoms. The number of nitrogens with one attached hydrogen (secondary N) is 1. The van der Waals surface area contributed by atoms with E-state index in [1.165, 1.54) is 18.6 Å². The minimum atomic E-state index is -4.40. The highest BCUT2D eigenvalue weighted by atomic mass is 19.4. The first-order chi connectivity index (χ1) is 11.1. The van der Waals surface area contributed by atoms with Crippen LogP contribution in [0.5, 0.6) is 0 Å². The molecule has 1 aromatic rings. The minimum absolute atomic E-state index is 0.0227. The lowest BCUT2D eigenvalue weighted by molar-refractivity contribution is -0.137. The number of halogens is 3. The van der Waals surface area contributed by atoms with Crippen molar-refractivity contribution in [1.29, 1.82) is 0 Å². The van der Waals surface area contributed by atoms with Crippen molar-refractivity contribution in [2.75, 3.05) is 0 Å². The zero-order chi connectivity index (χ0) is 17.8. The molecule has 130 valence electrons. The van der Waals surface area contributed by atoms with E-state index in [1.54, 1.807) is 0 Å². The van der Waals surface area contributed by atoms with Crippen LogP contribution >= 0.6 is 0 Å². The summed E-state index contributed by atoms with van der Waals surface area (Å²) in [6.45, 7) is 6.67. The van der Waals surface area contributed by atoms with E-state index in [2.05, 4.69) is 31.3 Å². The Labute approximate surface area is 139 Å². The summed E-state index contributed by atoms with van der Waals surface area (Å²) in [5, 5.41) is 4.32. The van der Waals surface area contributed by atoms with E-state index in [-0.39, 0.29) is 16.4 Å². The van der Waals surface area contributed by atoms with Gasteiger partial charge in [0.2, 0.25) is 0 Å². The summed E-state index contributed by atoms with van der Waals surface area (Å²) in [6, 6.07) is 4.16. The van der Waals surface area contributed by atoms with Crippen molar-refractivity contribution < 1.29 is 18.0 Å². The van der Waals surface area contributed by atoms with Gasteiger partial charge in [-0.2, -0.15) is 18.3 Å². The van der Waals surface area contributed by atoms with Crippen LogP contribution < -0.4 is 5.43 Å².